The lowest BCUT2D eigenvalue weighted by molar-refractivity contribution is -0.147. The Labute approximate surface area is 128 Å². The second kappa shape index (κ2) is 6.18. The van der Waals surface area contributed by atoms with Crippen molar-refractivity contribution in [2.45, 2.75) is 6.18 Å². The molecule has 1 aromatic heterocycles. The van der Waals surface area contributed by atoms with Gasteiger partial charge >= 0.3 is 6.18 Å². The molecule has 0 spiro atoms. The molecule has 1 N–H and O–H groups in total. The molecule has 0 atom stereocenters. The fourth-order valence-electron chi connectivity index (χ4n) is 1.64. The van der Waals surface area contributed by atoms with Crippen molar-refractivity contribution >= 4 is 18.4 Å². The SMILES string of the molecule is COc1ccc(/C=N\n2c(C(F)(F)F)n[nH]c2=S)cc1OC. The normalized spacial score (nSPS) is 11.9. The fraction of sp³-hybridized carbons (Fsp3) is 0.250. The third-order valence-electron chi connectivity index (χ3n) is 2.63. The maximum atomic E-state index is 12.7. The molecule has 0 fully saturated rings. The van der Waals surface area contributed by atoms with Gasteiger partial charge in [-0.1, -0.05) is 0 Å². The molecule has 22 heavy (non-hydrogen) atoms. The van der Waals surface area contributed by atoms with Gasteiger partial charge in [-0.3, -0.25) is 0 Å². The van der Waals surface area contributed by atoms with Crippen LogP contribution in [0.3, 0.4) is 0 Å². The summed E-state index contributed by atoms with van der Waals surface area (Å²) in [6, 6.07) is 4.79. The van der Waals surface area contributed by atoms with Gasteiger partial charge < -0.3 is 9.47 Å². The van der Waals surface area contributed by atoms with Crippen LogP contribution in [-0.4, -0.2) is 35.3 Å². The number of nitrogens with zero attached hydrogens (tertiary/aromatic N) is 3. The van der Waals surface area contributed by atoms with Crippen LogP contribution in [0.1, 0.15) is 11.4 Å². The molecule has 0 amide bonds. The quantitative estimate of drug-likeness (QED) is 0.691. The third-order valence-corrected chi connectivity index (χ3v) is 2.90. The van der Waals surface area contributed by atoms with Gasteiger partial charge in [-0.05, 0) is 36.0 Å². The Morgan fingerprint density at radius 3 is 2.55 bits per heavy atom. The summed E-state index contributed by atoms with van der Waals surface area (Å²) < 4.78 is 48.7. The van der Waals surface area contributed by atoms with Gasteiger partial charge in [-0.2, -0.15) is 22.9 Å². The van der Waals surface area contributed by atoms with Gasteiger partial charge in [0.05, 0.1) is 20.4 Å². The van der Waals surface area contributed by atoms with Gasteiger partial charge in [0.1, 0.15) is 0 Å². The van der Waals surface area contributed by atoms with E-state index in [-0.39, 0.29) is 4.77 Å². The molecule has 2 aromatic rings. The number of aromatic nitrogens is 3. The highest BCUT2D eigenvalue weighted by Gasteiger charge is 2.37. The van der Waals surface area contributed by atoms with Crippen LogP contribution in [0, 0.1) is 4.77 Å². The number of hydrogen-bond acceptors (Lipinski definition) is 5. The molecule has 1 aromatic carbocycles. The van der Waals surface area contributed by atoms with Gasteiger partial charge in [-0.15, -0.1) is 5.10 Å². The Morgan fingerprint density at radius 1 is 1.27 bits per heavy atom. The molecule has 0 aliphatic heterocycles. The number of halogens is 3. The summed E-state index contributed by atoms with van der Waals surface area (Å²) >= 11 is 4.73. The number of nitrogens with one attached hydrogen (secondary N) is 1. The summed E-state index contributed by atoms with van der Waals surface area (Å²) in [5.41, 5.74) is 0.508. The molecular weight excluding hydrogens is 321 g/mol. The number of benzene rings is 1. The predicted octanol–water partition coefficient (Wildman–Crippen LogP) is 2.86. The first-order valence-corrected chi connectivity index (χ1v) is 6.28. The van der Waals surface area contributed by atoms with Crippen LogP contribution in [0.15, 0.2) is 23.3 Å². The van der Waals surface area contributed by atoms with Crippen LogP contribution < -0.4 is 9.47 Å². The van der Waals surface area contributed by atoms with E-state index >= 15 is 0 Å². The molecule has 0 unspecified atom stereocenters. The van der Waals surface area contributed by atoms with Crippen molar-refractivity contribution < 1.29 is 22.6 Å². The number of hydrogen-bond donors (Lipinski definition) is 1. The zero-order chi connectivity index (χ0) is 16.3. The Bertz CT molecular complexity index is 752. The molecule has 0 aliphatic rings. The van der Waals surface area contributed by atoms with Crippen molar-refractivity contribution in [2.24, 2.45) is 5.10 Å². The number of methoxy groups -OCH3 is 2. The summed E-state index contributed by atoms with van der Waals surface area (Å²) in [6.45, 7) is 0. The smallest absolute Gasteiger partial charge is 0.453 e. The van der Waals surface area contributed by atoms with Crippen molar-refractivity contribution in [3.63, 3.8) is 0 Å². The first-order valence-electron chi connectivity index (χ1n) is 5.88. The van der Waals surface area contributed by atoms with Crippen LogP contribution in [0.25, 0.3) is 0 Å². The summed E-state index contributed by atoms with van der Waals surface area (Å²) in [5.74, 6) is -0.303. The van der Waals surface area contributed by atoms with Crippen LogP contribution in [0.2, 0.25) is 0 Å². The molecule has 2 rings (SSSR count). The molecule has 0 radical (unpaired) electrons. The van der Waals surface area contributed by atoms with E-state index in [1.807, 2.05) is 0 Å². The van der Waals surface area contributed by atoms with Crippen molar-refractivity contribution in [2.75, 3.05) is 14.2 Å². The molecule has 0 saturated heterocycles. The standard InChI is InChI=1S/C12H11F3N4O2S/c1-20-8-4-3-7(5-9(8)21-2)6-16-19-10(12(13,14)15)17-18-11(19)22/h3-6H,1-2H3,(H,18,22)/b16-6-. The van der Waals surface area contributed by atoms with Crippen molar-refractivity contribution in [1.29, 1.82) is 0 Å². The Hall–Kier alpha value is -2.36. The van der Waals surface area contributed by atoms with Crippen LogP contribution in [0.5, 0.6) is 11.5 Å². The average molecular weight is 332 g/mol. The lowest BCUT2D eigenvalue weighted by Gasteiger charge is -2.07. The number of rotatable bonds is 4. The molecule has 0 saturated carbocycles. The van der Waals surface area contributed by atoms with E-state index in [4.69, 9.17) is 21.7 Å². The van der Waals surface area contributed by atoms with Gasteiger partial charge in [0.25, 0.3) is 5.82 Å². The lowest BCUT2D eigenvalue weighted by Crippen LogP contribution is -2.12. The van der Waals surface area contributed by atoms with E-state index in [0.717, 1.165) is 0 Å². The molecular formula is C12H11F3N4O2S. The molecule has 1 heterocycles. The second-order valence-electron chi connectivity index (χ2n) is 4.02. The van der Waals surface area contributed by atoms with Gasteiger partial charge in [0.2, 0.25) is 4.77 Å². The largest absolute Gasteiger partial charge is 0.493 e. The zero-order valence-corrected chi connectivity index (χ0v) is 12.3. The van der Waals surface area contributed by atoms with E-state index in [0.29, 0.717) is 21.7 Å². The Balaban J connectivity index is 2.38. The number of aromatic amines is 1. The highest BCUT2D eigenvalue weighted by molar-refractivity contribution is 7.71. The zero-order valence-electron chi connectivity index (χ0n) is 11.5. The molecule has 6 nitrogen and oxygen atoms in total. The second-order valence-corrected chi connectivity index (χ2v) is 4.41. The van der Waals surface area contributed by atoms with E-state index in [1.165, 1.54) is 20.4 Å². The topological polar surface area (TPSA) is 64.4 Å². The molecule has 0 bridgehead atoms. The van der Waals surface area contributed by atoms with Crippen molar-refractivity contribution in [3.05, 3.63) is 34.4 Å². The fourth-order valence-corrected chi connectivity index (χ4v) is 1.82. The Kier molecular flexibility index (Phi) is 4.50. The lowest BCUT2D eigenvalue weighted by atomic mass is 10.2. The minimum Gasteiger partial charge on any atom is -0.493 e. The van der Waals surface area contributed by atoms with Crippen LogP contribution >= 0.6 is 12.2 Å². The highest BCUT2D eigenvalue weighted by atomic mass is 32.1. The van der Waals surface area contributed by atoms with Crippen molar-refractivity contribution in [1.82, 2.24) is 14.9 Å². The number of alkyl halides is 3. The minimum atomic E-state index is -4.66. The van der Waals surface area contributed by atoms with Crippen LogP contribution in [-0.2, 0) is 6.18 Å². The van der Waals surface area contributed by atoms with E-state index in [2.05, 4.69) is 15.3 Å². The monoisotopic (exact) mass is 332 g/mol. The number of ether oxygens (including phenoxy) is 2. The summed E-state index contributed by atoms with van der Waals surface area (Å²) in [5, 5.41) is 8.89. The highest BCUT2D eigenvalue weighted by Crippen LogP contribution is 2.28. The first-order chi connectivity index (χ1) is 10.4. The molecule has 118 valence electrons. The first kappa shape index (κ1) is 16.0. The van der Waals surface area contributed by atoms with Crippen LogP contribution in [0.4, 0.5) is 13.2 Å². The molecule has 0 aliphatic carbocycles. The Morgan fingerprint density at radius 2 is 1.95 bits per heavy atom. The van der Waals surface area contributed by atoms with Gasteiger partial charge in [0.15, 0.2) is 11.5 Å². The maximum absolute atomic E-state index is 12.7. The summed E-state index contributed by atoms with van der Waals surface area (Å²) in [4.78, 5) is 0. The van der Waals surface area contributed by atoms with Crippen molar-refractivity contribution in [3.8, 4) is 11.5 Å². The van der Waals surface area contributed by atoms with E-state index < -0.39 is 12.0 Å². The third kappa shape index (κ3) is 3.27. The average Bonchev–Trinajstić information content (AvgIpc) is 2.85. The minimum absolute atomic E-state index is 0.260. The predicted molar refractivity (Wildman–Crippen MR) is 75.0 cm³/mol. The summed E-state index contributed by atoms with van der Waals surface area (Å²) in [7, 11) is 2.93. The maximum Gasteiger partial charge on any atom is 0.453 e. The van der Waals surface area contributed by atoms with E-state index in [1.54, 1.807) is 18.2 Å². The summed E-state index contributed by atoms with van der Waals surface area (Å²) in [6.07, 6.45) is -3.45. The van der Waals surface area contributed by atoms with Gasteiger partial charge in [0, 0.05) is 0 Å². The van der Waals surface area contributed by atoms with E-state index in [9.17, 15) is 13.2 Å². The van der Waals surface area contributed by atoms with Gasteiger partial charge in [-0.25, -0.2) is 5.10 Å². The number of H-pyrrole nitrogens is 1. The molecule has 10 heteroatoms.